The molecule has 1 aromatic carbocycles. The second-order valence-corrected chi connectivity index (χ2v) is 5.65. The molecular weight excluding hydrogens is 310 g/mol. The van der Waals surface area contributed by atoms with Gasteiger partial charge in [0.25, 0.3) is 11.8 Å². The highest BCUT2D eigenvalue weighted by Crippen LogP contribution is 2.18. The molecule has 0 unspecified atom stereocenters. The number of carbonyl (C=O) groups is 2. The number of rotatable bonds is 4. The fraction of sp³-hybridized carbons (Fsp3) is 0. The van der Waals surface area contributed by atoms with Gasteiger partial charge >= 0.3 is 0 Å². The van der Waals surface area contributed by atoms with Gasteiger partial charge in [-0.15, -0.1) is 11.3 Å². The van der Waals surface area contributed by atoms with Crippen molar-refractivity contribution in [3.8, 4) is 0 Å². The fourth-order valence-electron chi connectivity index (χ4n) is 1.98. The number of aromatic nitrogens is 1. The highest BCUT2D eigenvalue weighted by atomic mass is 32.1. The zero-order valence-electron chi connectivity index (χ0n) is 12.0. The number of thiophene rings is 1. The average molecular weight is 323 g/mol. The molecule has 2 N–H and O–H groups in total. The Morgan fingerprint density at radius 3 is 2.22 bits per heavy atom. The predicted octanol–water partition coefficient (Wildman–Crippen LogP) is 3.65. The number of nitrogens with zero attached hydrogens (tertiary/aromatic N) is 1. The van der Waals surface area contributed by atoms with Crippen LogP contribution in [0.3, 0.4) is 0 Å². The third-order valence-electron chi connectivity index (χ3n) is 3.07. The van der Waals surface area contributed by atoms with Crippen molar-refractivity contribution in [1.82, 2.24) is 4.98 Å². The zero-order chi connectivity index (χ0) is 16.1. The first-order valence-corrected chi connectivity index (χ1v) is 7.76. The molecule has 3 rings (SSSR count). The van der Waals surface area contributed by atoms with Crippen molar-refractivity contribution in [1.29, 1.82) is 0 Å². The predicted molar refractivity (Wildman–Crippen MR) is 90.9 cm³/mol. The monoisotopic (exact) mass is 323 g/mol. The van der Waals surface area contributed by atoms with Crippen LogP contribution in [0.5, 0.6) is 0 Å². The minimum atomic E-state index is -0.228. The van der Waals surface area contributed by atoms with Gasteiger partial charge in [-0.1, -0.05) is 12.1 Å². The van der Waals surface area contributed by atoms with Crippen LogP contribution in [-0.4, -0.2) is 16.8 Å². The zero-order valence-corrected chi connectivity index (χ0v) is 12.8. The van der Waals surface area contributed by atoms with Gasteiger partial charge in [0.1, 0.15) is 0 Å². The Bertz CT molecular complexity index is 817. The molecule has 23 heavy (non-hydrogen) atoms. The van der Waals surface area contributed by atoms with Crippen molar-refractivity contribution in [2.75, 3.05) is 10.6 Å². The van der Waals surface area contributed by atoms with E-state index in [1.54, 1.807) is 54.9 Å². The van der Waals surface area contributed by atoms with Gasteiger partial charge in [0, 0.05) is 29.3 Å². The summed E-state index contributed by atoms with van der Waals surface area (Å²) in [5.41, 5.74) is 1.75. The maximum Gasteiger partial charge on any atom is 0.265 e. The number of pyridine rings is 1. The van der Waals surface area contributed by atoms with E-state index in [1.165, 1.54) is 11.3 Å². The largest absolute Gasteiger partial charge is 0.322 e. The molecule has 0 aliphatic carbocycles. The number of nitrogens with one attached hydrogen (secondary N) is 2. The first kappa shape index (κ1) is 14.9. The van der Waals surface area contributed by atoms with Crippen LogP contribution in [0.25, 0.3) is 0 Å². The smallest absolute Gasteiger partial charge is 0.265 e. The molecule has 6 heteroatoms. The number of carbonyl (C=O) groups excluding carboxylic acids is 2. The normalized spacial score (nSPS) is 10.1. The summed E-state index contributed by atoms with van der Waals surface area (Å²) in [6.45, 7) is 0. The average Bonchev–Trinajstić information content (AvgIpc) is 3.10. The third-order valence-corrected chi connectivity index (χ3v) is 3.93. The van der Waals surface area contributed by atoms with E-state index in [9.17, 15) is 9.59 Å². The first-order valence-electron chi connectivity index (χ1n) is 6.89. The molecule has 0 saturated carbocycles. The fourth-order valence-corrected chi connectivity index (χ4v) is 2.60. The maximum atomic E-state index is 12.1. The Balaban J connectivity index is 1.70. The lowest BCUT2D eigenvalue weighted by Crippen LogP contribution is -2.13. The summed E-state index contributed by atoms with van der Waals surface area (Å²) in [6, 6.07) is 13.9. The topological polar surface area (TPSA) is 71.1 Å². The standard InChI is InChI=1S/C17H13N3O2S/c21-16(12-6-8-18-9-7-12)19-13-3-1-4-14(11-13)20-17(22)15-5-2-10-23-15/h1-11H,(H,19,21)(H,20,22). The highest BCUT2D eigenvalue weighted by Gasteiger charge is 2.09. The molecule has 0 atom stereocenters. The lowest BCUT2D eigenvalue weighted by atomic mass is 10.2. The van der Waals surface area contributed by atoms with E-state index in [4.69, 9.17) is 0 Å². The van der Waals surface area contributed by atoms with E-state index in [1.807, 2.05) is 11.4 Å². The lowest BCUT2D eigenvalue weighted by molar-refractivity contribution is 0.102. The molecular formula is C17H13N3O2S. The molecule has 0 bridgehead atoms. The van der Waals surface area contributed by atoms with Crippen LogP contribution in [0.2, 0.25) is 0 Å². The van der Waals surface area contributed by atoms with Crippen molar-refractivity contribution in [2.24, 2.45) is 0 Å². The van der Waals surface area contributed by atoms with Gasteiger partial charge in [-0.25, -0.2) is 0 Å². The van der Waals surface area contributed by atoms with Crippen LogP contribution in [0, 0.1) is 0 Å². The summed E-state index contributed by atoms with van der Waals surface area (Å²) >= 11 is 1.37. The van der Waals surface area contributed by atoms with Crippen molar-refractivity contribution >= 4 is 34.5 Å². The second-order valence-electron chi connectivity index (χ2n) is 4.70. The van der Waals surface area contributed by atoms with Crippen LogP contribution in [0.15, 0.2) is 66.3 Å². The molecule has 114 valence electrons. The van der Waals surface area contributed by atoms with Crippen molar-refractivity contribution in [3.63, 3.8) is 0 Å². The Kier molecular flexibility index (Phi) is 4.44. The summed E-state index contributed by atoms with van der Waals surface area (Å²) < 4.78 is 0. The highest BCUT2D eigenvalue weighted by molar-refractivity contribution is 7.12. The Morgan fingerprint density at radius 2 is 1.57 bits per heavy atom. The number of hydrogen-bond donors (Lipinski definition) is 2. The van der Waals surface area contributed by atoms with E-state index < -0.39 is 0 Å². The van der Waals surface area contributed by atoms with E-state index in [0.29, 0.717) is 21.8 Å². The van der Waals surface area contributed by atoms with E-state index in [0.717, 1.165) is 0 Å². The van der Waals surface area contributed by atoms with E-state index >= 15 is 0 Å². The second kappa shape index (κ2) is 6.85. The SMILES string of the molecule is O=C(Nc1cccc(NC(=O)c2cccs2)c1)c1ccncc1. The molecule has 0 spiro atoms. The Labute approximate surface area is 137 Å². The molecule has 2 amide bonds. The quantitative estimate of drug-likeness (QED) is 0.770. The maximum absolute atomic E-state index is 12.1. The lowest BCUT2D eigenvalue weighted by Gasteiger charge is -2.08. The van der Waals surface area contributed by atoms with Crippen LogP contribution >= 0.6 is 11.3 Å². The Morgan fingerprint density at radius 1 is 0.870 bits per heavy atom. The Hall–Kier alpha value is -2.99. The molecule has 0 aliphatic heterocycles. The molecule has 0 fully saturated rings. The van der Waals surface area contributed by atoms with E-state index in [-0.39, 0.29) is 11.8 Å². The number of anilines is 2. The molecule has 3 aromatic rings. The molecule has 0 aliphatic rings. The molecule has 5 nitrogen and oxygen atoms in total. The molecule has 2 heterocycles. The molecule has 0 saturated heterocycles. The summed E-state index contributed by atoms with van der Waals surface area (Å²) in [7, 11) is 0. The summed E-state index contributed by atoms with van der Waals surface area (Å²) in [6.07, 6.45) is 3.12. The van der Waals surface area contributed by atoms with Crippen molar-refractivity contribution < 1.29 is 9.59 Å². The van der Waals surface area contributed by atoms with Gasteiger partial charge in [-0.2, -0.15) is 0 Å². The van der Waals surface area contributed by atoms with Crippen LogP contribution < -0.4 is 10.6 Å². The number of amides is 2. The van der Waals surface area contributed by atoms with Gasteiger partial charge in [-0.3, -0.25) is 14.6 Å². The van der Waals surface area contributed by atoms with Gasteiger partial charge in [0.05, 0.1) is 4.88 Å². The summed E-state index contributed by atoms with van der Waals surface area (Å²) in [5.74, 6) is -0.397. The van der Waals surface area contributed by atoms with Crippen LogP contribution in [0.1, 0.15) is 20.0 Å². The minimum Gasteiger partial charge on any atom is -0.322 e. The summed E-state index contributed by atoms with van der Waals surface area (Å²) in [4.78, 5) is 28.7. The number of benzene rings is 1. The summed E-state index contributed by atoms with van der Waals surface area (Å²) in [5, 5.41) is 7.45. The minimum absolute atomic E-state index is 0.169. The van der Waals surface area contributed by atoms with Gasteiger partial charge < -0.3 is 10.6 Å². The van der Waals surface area contributed by atoms with Gasteiger partial charge in [0.15, 0.2) is 0 Å². The van der Waals surface area contributed by atoms with Crippen molar-refractivity contribution in [3.05, 3.63) is 76.7 Å². The van der Waals surface area contributed by atoms with E-state index in [2.05, 4.69) is 15.6 Å². The molecule has 2 aromatic heterocycles. The first-order chi connectivity index (χ1) is 11.2. The molecule has 0 radical (unpaired) electrons. The van der Waals surface area contributed by atoms with Crippen LogP contribution in [-0.2, 0) is 0 Å². The van der Waals surface area contributed by atoms with Crippen LogP contribution in [0.4, 0.5) is 11.4 Å². The van der Waals surface area contributed by atoms with Gasteiger partial charge in [0.2, 0.25) is 0 Å². The number of hydrogen-bond acceptors (Lipinski definition) is 4. The van der Waals surface area contributed by atoms with Gasteiger partial charge in [-0.05, 0) is 41.8 Å². The third kappa shape index (κ3) is 3.81. The van der Waals surface area contributed by atoms with Crippen molar-refractivity contribution in [2.45, 2.75) is 0 Å².